The third-order valence-electron chi connectivity index (χ3n) is 3.50. The predicted octanol–water partition coefficient (Wildman–Crippen LogP) is 2.57. The van der Waals surface area contributed by atoms with Gasteiger partial charge in [-0.1, -0.05) is 23.7 Å². The lowest BCUT2D eigenvalue weighted by molar-refractivity contribution is -0.129. The van der Waals surface area contributed by atoms with Crippen molar-refractivity contribution in [2.45, 2.75) is 18.9 Å². The minimum Gasteiger partial charge on any atom is -0.381 e. The van der Waals surface area contributed by atoms with Gasteiger partial charge in [0.2, 0.25) is 5.91 Å². The second kappa shape index (κ2) is 7.62. The Bertz CT molecular complexity index is 446. The van der Waals surface area contributed by atoms with E-state index < -0.39 is 0 Å². The molecule has 110 valence electrons. The molecule has 1 N–H and O–H groups in total. The number of benzene rings is 1. The van der Waals surface area contributed by atoms with E-state index >= 15 is 0 Å². The second-order valence-electron chi connectivity index (χ2n) is 4.94. The van der Waals surface area contributed by atoms with Crippen LogP contribution in [0.25, 0.3) is 0 Å². The highest BCUT2D eigenvalue weighted by Crippen LogP contribution is 2.20. The summed E-state index contributed by atoms with van der Waals surface area (Å²) in [5.74, 6) is -0.00519. The maximum absolute atomic E-state index is 12.0. The number of methoxy groups -OCH3 is 1. The molecule has 1 aliphatic heterocycles. The van der Waals surface area contributed by atoms with Crippen LogP contribution < -0.4 is 5.32 Å². The Morgan fingerprint density at radius 2 is 2.45 bits per heavy atom. The number of carbonyl (C=O) groups is 1. The average molecular weight is 298 g/mol. The molecular formula is C15H20ClNO3. The number of carbonyl (C=O) groups excluding carboxylic acids is 1. The highest BCUT2D eigenvalue weighted by molar-refractivity contribution is 6.30. The predicted molar refractivity (Wildman–Crippen MR) is 77.8 cm³/mol. The minimum absolute atomic E-state index is 0.0359. The zero-order valence-corrected chi connectivity index (χ0v) is 12.4. The Labute approximate surface area is 124 Å². The third-order valence-corrected chi connectivity index (χ3v) is 3.73. The van der Waals surface area contributed by atoms with Crippen molar-refractivity contribution in [2.24, 2.45) is 5.92 Å². The Balaban J connectivity index is 1.88. The first-order chi connectivity index (χ1) is 9.70. The Kier molecular flexibility index (Phi) is 5.83. The summed E-state index contributed by atoms with van der Waals surface area (Å²) in [4.78, 5) is 12.0. The molecule has 0 spiro atoms. The van der Waals surface area contributed by atoms with Crippen LogP contribution in [0.3, 0.4) is 0 Å². The molecule has 1 aliphatic rings. The summed E-state index contributed by atoms with van der Waals surface area (Å²) < 4.78 is 10.8. The SMILES string of the molecule is COC(CNC(=O)C1CCCOC1)c1cccc(Cl)c1. The second-order valence-corrected chi connectivity index (χ2v) is 5.38. The summed E-state index contributed by atoms with van der Waals surface area (Å²) in [7, 11) is 1.63. The largest absolute Gasteiger partial charge is 0.381 e. The summed E-state index contributed by atoms with van der Waals surface area (Å²) >= 11 is 5.97. The summed E-state index contributed by atoms with van der Waals surface area (Å²) in [6.45, 7) is 1.71. The summed E-state index contributed by atoms with van der Waals surface area (Å²) in [6, 6.07) is 7.48. The molecule has 1 fully saturated rings. The molecule has 1 aromatic carbocycles. The number of hydrogen-bond donors (Lipinski definition) is 1. The van der Waals surface area contributed by atoms with Crippen molar-refractivity contribution in [1.82, 2.24) is 5.32 Å². The Morgan fingerprint density at radius 1 is 1.60 bits per heavy atom. The number of nitrogens with one attached hydrogen (secondary N) is 1. The van der Waals surface area contributed by atoms with Gasteiger partial charge in [-0.3, -0.25) is 4.79 Å². The molecule has 2 atom stereocenters. The molecule has 2 rings (SSSR count). The van der Waals surface area contributed by atoms with Crippen LogP contribution in [-0.4, -0.2) is 32.8 Å². The van der Waals surface area contributed by atoms with E-state index in [0.29, 0.717) is 18.2 Å². The lowest BCUT2D eigenvalue weighted by Crippen LogP contribution is -2.37. The van der Waals surface area contributed by atoms with Crippen LogP contribution in [0.15, 0.2) is 24.3 Å². The maximum atomic E-state index is 12.0. The Hall–Kier alpha value is -1.10. The number of amides is 1. The summed E-state index contributed by atoms with van der Waals surface area (Å²) in [5, 5.41) is 3.60. The van der Waals surface area contributed by atoms with Crippen molar-refractivity contribution in [3.8, 4) is 0 Å². The van der Waals surface area contributed by atoms with Crippen LogP contribution in [0.2, 0.25) is 5.02 Å². The molecule has 2 unspecified atom stereocenters. The van der Waals surface area contributed by atoms with E-state index in [1.807, 2.05) is 24.3 Å². The quantitative estimate of drug-likeness (QED) is 0.908. The van der Waals surface area contributed by atoms with E-state index in [4.69, 9.17) is 21.1 Å². The van der Waals surface area contributed by atoms with Crippen LogP contribution in [-0.2, 0) is 14.3 Å². The van der Waals surface area contributed by atoms with Gasteiger partial charge < -0.3 is 14.8 Å². The summed E-state index contributed by atoms with van der Waals surface area (Å²) in [5.41, 5.74) is 0.959. The zero-order valence-electron chi connectivity index (χ0n) is 11.6. The molecule has 0 radical (unpaired) electrons. The van der Waals surface area contributed by atoms with Gasteiger partial charge >= 0.3 is 0 Å². The smallest absolute Gasteiger partial charge is 0.225 e. The van der Waals surface area contributed by atoms with E-state index in [1.165, 1.54) is 0 Å². The van der Waals surface area contributed by atoms with E-state index in [9.17, 15) is 4.79 Å². The number of halogens is 1. The standard InChI is InChI=1S/C15H20ClNO3/c1-19-14(11-4-2-6-13(16)8-11)9-17-15(18)12-5-3-7-20-10-12/h2,4,6,8,12,14H,3,5,7,9-10H2,1H3,(H,17,18). The number of hydrogen-bond acceptors (Lipinski definition) is 3. The van der Waals surface area contributed by atoms with Crippen molar-refractivity contribution in [3.05, 3.63) is 34.9 Å². The van der Waals surface area contributed by atoms with E-state index in [1.54, 1.807) is 7.11 Å². The van der Waals surface area contributed by atoms with Gasteiger partial charge in [0, 0.05) is 25.3 Å². The van der Waals surface area contributed by atoms with Crippen molar-refractivity contribution < 1.29 is 14.3 Å². The van der Waals surface area contributed by atoms with E-state index in [0.717, 1.165) is 25.0 Å². The fourth-order valence-corrected chi connectivity index (χ4v) is 2.53. The topological polar surface area (TPSA) is 47.6 Å². The van der Waals surface area contributed by atoms with Gasteiger partial charge in [0.25, 0.3) is 0 Å². The molecule has 1 aromatic rings. The highest BCUT2D eigenvalue weighted by Gasteiger charge is 2.22. The lowest BCUT2D eigenvalue weighted by Gasteiger charge is -2.23. The molecule has 1 heterocycles. The average Bonchev–Trinajstić information content (AvgIpc) is 2.48. The number of ether oxygens (including phenoxy) is 2. The van der Waals surface area contributed by atoms with Gasteiger partial charge in [0.05, 0.1) is 18.6 Å². The fraction of sp³-hybridized carbons (Fsp3) is 0.533. The molecular weight excluding hydrogens is 278 g/mol. The van der Waals surface area contributed by atoms with Crippen LogP contribution in [0, 0.1) is 5.92 Å². The van der Waals surface area contributed by atoms with Crippen molar-refractivity contribution in [2.75, 3.05) is 26.9 Å². The van der Waals surface area contributed by atoms with Gasteiger partial charge in [-0.25, -0.2) is 0 Å². The molecule has 0 bridgehead atoms. The normalized spacial score (nSPS) is 20.4. The van der Waals surface area contributed by atoms with Crippen LogP contribution >= 0.6 is 11.6 Å². The van der Waals surface area contributed by atoms with Gasteiger partial charge in [-0.05, 0) is 30.5 Å². The van der Waals surface area contributed by atoms with Crippen molar-refractivity contribution in [1.29, 1.82) is 0 Å². The number of rotatable bonds is 5. The molecule has 20 heavy (non-hydrogen) atoms. The Morgan fingerprint density at radius 3 is 3.10 bits per heavy atom. The first kappa shape index (κ1) is 15.3. The fourth-order valence-electron chi connectivity index (χ4n) is 2.33. The van der Waals surface area contributed by atoms with Gasteiger partial charge in [0.1, 0.15) is 0 Å². The molecule has 1 amide bonds. The minimum atomic E-state index is -0.192. The molecule has 5 heteroatoms. The van der Waals surface area contributed by atoms with Crippen molar-refractivity contribution in [3.63, 3.8) is 0 Å². The lowest BCUT2D eigenvalue weighted by atomic mass is 10.0. The van der Waals surface area contributed by atoms with Crippen LogP contribution in [0.1, 0.15) is 24.5 Å². The first-order valence-corrected chi connectivity index (χ1v) is 7.22. The van der Waals surface area contributed by atoms with Crippen LogP contribution in [0.5, 0.6) is 0 Å². The molecule has 0 saturated carbocycles. The first-order valence-electron chi connectivity index (χ1n) is 6.84. The highest BCUT2D eigenvalue weighted by atomic mass is 35.5. The molecule has 0 aromatic heterocycles. The van der Waals surface area contributed by atoms with Crippen molar-refractivity contribution >= 4 is 17.5 Å². The van der Waals surface area contributed by atoms with Gasteiger partial charge in [-0.2, -0.15) is 0 Å². The van der Waals surface area contributed by atoms with Crippen LogP contribution in [0.4, 0.5) is 0 Å². The molecule has 1 saturated heterocycles. The maximum Gasteiger partial charge on any atom is 0.225 e. The zero-order chi connectivity index (χ0) is 14.4. The van der Waals surface area contributed by atoms with Gasteiger partial charge in [0.15, 0.2) is 0 Å². The van der Waals surface area contributed by atoms with E-state index in [-0.39, 0.29) is 17.9 Å². The third kappa shape index (κ3) is 4.20. The van der Waals surface area contributed by atoms with Gasteiger partial charge in [-0.15, -0.1) is 0 Å². The molecule has 4 nitrogen and oxygen atoms in total. The van der Waals surface area contributed by atoms with E-state index in [2.05, 4.69) is 5.32 Å². The summed E-state index contributed by atoms with van der Waals surface area (Å²) in [6.07, 6.45) is 1.64. The molecule has 0 aliphatic carbocycles. The monoisotopic (exact) mass is 297 g/mol.